The number of hydrogen-bond donors (Lipinski definition) is 0. The van der Waals surface area contributed by atoms with E-state index in [1.165, 1.54) is 250 Å². The number of hydrogen-bond acceptors (Lipinski definition) is 0. The molecule has 0 fully saturated rings. The average molecular weight is 2040 g/mol. The molecule has 15 aromatic carbocycles. The molecule has 0 radical (unpaired) electrons. The summed E-state index contributed by atoms with van der Waals surface area (Å²) in [5, 5.41) is 0.889. The van der Waals surface area contributed by atoms with E-state index in [-0.39, 0.29) is 106 Å². The molecule has 0 heterocycles. The number of rotatable bonds is 32. The molecule has 2 heteroatoms. The van der Waals surface area contributed by atoms with Gasteiger partial charge in [0, 0.05) is 0 Å². The molecule has 141 heavy (non-hydrogen) atoms. The monoisotopic (exact) mass is 2040 g/mol. The zero-order valence-corrected chi connectivity index (χ0v) is 95.1. The van der Waals surface area contributed by atoms with E-state index in [0.717, 1.165) is 5.32 Å². The quantitative estimate of drug-likeness (QED) is 0.0291. The Labute approximate surface area is 869 Å². The third kappa shape index (κ3) is 21.9. The molecule has 0 aliphatic carbocycles. The summed E-state index contributed by atoms with van der Waals surface area (Å²) in [6.45, 7) is 76.6. The van der Waals surface area contributed by atoms with E-state index in [9.17, 15) is 0 Å². The van der Waals surface area contributed by atoms with Crippen LogP contribution in [0.1, 0.15) is 411 Å². The minimum absolute atomic E-state index is 0.153. The van der Waals surface area contributed by atoms with Crippen LogP contribution in [0.15, 0.2) is 273 Å². The van der Waals surface area contributed by atoms with E-state index in [2.05, 4.69) is 515 Å². The van der Waals surface area contributed by atoms with Crippen molar-refractivity contribution in [3.8, 4) is 156 Å². The fourth-order valence-corrected chi connectivity index (χ4v) is 25.5. The predicted molar refractivity (Wildman–Crippen MR) is 631 cm³/mol. The van der Waals surface area contributed by atoms with Gasteiger partial charge in [0.2, 0.25) is 0 Å². The zero-order valence-electron chi connectivity index (χ0n) is 91.2. The Kier molecular flexibility index (Phi) is 33.0. The summed E-state index contributed by atoms with van der Waals surface area (Å²) in [4.78, 5) is 0. The summed E-state index contributed by atoms with van der Waals surface area (Å²) in [5.41, 5.74) is 59.0. The van der Waals surface area contributed by atoms with Crippen molar-refractivity contribution in [1.82, 2.24) is 0 Å². The summed E-state index contributed by atoms with van der Waals surface area (Å²) in [7, 11) is 0. The molecule has 0 N–H and O–H groups in total. The van der Waals surface area contributed by atoms with E-state index < -0.39 is 0 Å². The van der Waals surface area contributed by atoms with Gasteiger partial charge in [-0.2, -0.15) is 0 Å². The van der Waals surface area contributed by atoms with E-state index in [4.69, 9.17) is 0 Å². The SMILES string of the molecule is CC(C)c1cccc(C(C)C)c1-c1cc(-c2cc(-c3cc(-c4c(C(C)C)cccc4C(C)C)cc(-c4c(C(C)C)cccc4C(C)C)c3)cc(-c3cccc(-c4cc(-c5cc(-c6c(C(C)C)cccc6C(C)C)cc(-c6c(C(C)C)cccc6C(C)C)c5)cc(-c5cc(-c6c(C(C)C)cccc6C(C)C)cc(-c6c(C(C)C)cccc6C(C)C)c5)c4)c3C[Se]I)c2)cc(-c2c(C(C)C)cccc2C(C)C)c1. The third-order valence-corrected chi connectivity index (χ3v) is 32.7. The number of benzene rings is 15. The maximum absolute atomic E-state index is 2.78. The van der Waals surface area contributed by atoms with Gasteiger partial charge in [-0.3, -0.25) is 0 Å². The van der Waals surface area contributed by atoms with Crippen LogP contribution in [-0.4, -0.2) is 11.7 Å². The second-order valence-corrected chi connectivity index (χ2v) is 50.1. The van der Waals surface area contributed by atoms with Crippen LogP contribution in [0, 0.1) is 0 Å². The van der Waals surface area contributed by atoms with Crippen LogP contribution in [-0.2, 0) is 5.32 Å². The maximum atomic E-state index is 2.78. The van der Waals surface area contributed by atoms with Crippen LogP contribution in [0.2, 0.25) is 0 Å². The molecule has 0 saturated carbocycles. The van der Waals surface area contributed by atoms with Gasteiger partial charge in [0.15, 0.2) is 0 Å². The Morgan fingerprint density at radius 2 is 0.241 bits per heavy atom. The van der Waals surface area contributed by atoms with Crippen LogP contribution in [0.3, 0.4) is 0 Å². The van der Waals surface area contributed by atoms with E-state index in [0.29, 0.717) is 0 Å². The fourth-order valence-electron chi connectivity index (χ4n) is 23.0. The van der Waals surface area contributed by atoms with Crippen molar-refractivity contribution in [2.45, 2.75) is 322 Å². The topological polar surface area (TPSA) is 0 Å². The van der Waals surface area contributed by atoms with E-state index in [1.807, 2.05) is 0 Å². The van der Waals surface area contributed by atoms with Gasteiger partial charge < -0.3 is 0 Å². The molecule has 15 rings (SSSR count). The summed E-state index contributed by atoms with van der Waals surface area (Å²) < 4.78 is 0. The zero-order chi connectivity index (χ0) is 101. The first kappa shape index (κ1) is 105. The van der Waals surface area contributed by atoms with Gasteiger partial charge in [-0.25, -0.2) is 0 Å². The molecule has 728 valence electrons. The van der Waals surface area contributed by atoms with Crippen LogP contribution in [0.4, 0.5) is 0 Å². The van der Waals surface area contributed by atoms with Crippen LogP contribution >= 0.6 is 20.3 Å². The van der Waals surface area contributed by atoms with Gasteiger partial charge in [0.1, 0.15) is 0 Å². The molecule has 0 aliphatic rings. The van der Waals surface area contributed by atoms with Gasteiger partial charge in [-0.1, -0.05) is 270 Å². The third-order valence-electron chi connectivity index (χ3n) is 30.2. The first-order chi connectivity index (χ1) is 67.1. The molecular formula is C139H159ISe. The van der Waals surface area contributed by atoms with Crippen molar-refractivity contribution in [3.63, 3.8) is 0 Å². The Morgan fingerprint density at radius 1 is 0.142 bits per heavy atom. The van der Waals surface area contributed by atoms with Crippen molar-refractivity contribution >= 4 is 32.1 Å². The molecule has 0 unspecified atom stereocenters. The van der Waals surface area contributed by atoms with Gasteiger partial charge in [0.25, 0.3) is 0 Å². The van der Waals surface area contributed by atoms with Gasteiger partial charge in [-0.05, 0) is 0 Å². The van der Waals surface area contributed by atoms with Crippen LogP contribution in [0.5, 0.6) is 0 Å². The molecule has 0 aromatic heterocycles. The first-order valence-electron chi connectivity index (χ1n) is 53.5. The van der Waals surface area contributed by atoms with Crippen molar-refractivity contribution < 1.29 is 0 Å². The molecule has 0 atom stereocenters. The van der Waals surface area contributed by atoms with Crippen LogP contribution < -0.4 is 0 Å². The summed E-state index contributed by atoms with van der Waals surface area (Å²) >= 11 is 2.93. The van der Waals surface area contributed by atoms with E-state index >= 15 is 0 Å². The standard InChI is InChI=1S/C139H159ISe/c1-79(2)113-42-33-43-114(80(3)4)132(113)105-66-99(67-106(74-105)133-115(81(5)6)44-34-45-116(133)82(7)8)95-60-96(100-68-107(134-117(83(9)10)46-35-47-118(134)84(11)12)75-108(69-100)135-119(85(13)14)48-36-49-120(135)86(15)16)63-103(62-95)129-58-41-59-130(131(129)78-141-140)104-64-97(101-70-109(136-121(87(17)18)50-37-51-122(136)88(19)20)76-110(71-101)137-123(89(21)22)52-38-53-124(137)90(23)24)61-98(65-104)102-72-111(138-125(91(25)26)54-39-55-126(138)92(27)28)77-112(73-102)139-127(93(29)30)56-40-57-128(139)94(31)32/h33-77,79-94H,78H2,1-32H3. The van der Waals surface area contributed by atoms with Gasteiger partial charge in [0.05, 0.1) is 0 Å². The molecular weight excluding hydrogens is 1880 g/mol. The fraction of sp³-hybridized carbons (Fsp3) is 0.353. The molecule has 15 aromatic rings. The second kappa shape index (κ2) is 44.4. The molecule has 0 amide bonds. The van der Waals surface area contributed by atoms with Crippen molar-refractivity contribution in [2.24, 2.45) is 0 Å². The molecule has 0 spiro atoms. The molecule has 0 aliphatic heterocycles. The van der Waals surface area contributed by atoms with Gasteiger partial charge in [-0.15, -0.1) is 0 Å². The number of halogens is 1. The molecule has 0 saturated heterocycles. The van der Waals surface area contributed by atoms with Crippen molar-refractivity contribution in [2.75, 3.05) is 0 Å². The minimum atomic E-state index is 0.153. The summed E-state index contributed by atoms with van der Waals surface area (Å²) in [6, 6.07) is 111. The van der Waals surface area contributed by atoms with Crippen molar-refractivity contribution in [3.05, 3.63) is 368 Å². The van der Waals surface area contributed by atoms with E-state index in [1.54, 1.807) is 0 Å². The molecule has 0 nitrogen and oxygen atoms in total. The Morgan fingerprint density at radius 3 is 0.355 bits per heavy atom. The molecule has 0 bridgehead atoms. The Hall–Kier alpha value is -10.5. The van der Waals surface area contributed by atoms with Gasteiger partial charge >= 0.3 is 607 Å². The normalized spacial score (nSPS) is 12.2. The van der Waals surface area contributed by atoms with Crippen LogP contribution in [0.25, 0.3) is 156 Å². The average Bonchev–Trinajstić information content (AvgIpc) is 0.752. The summed E-state index contributed by atoms with van der Waals surface area (Å²) in [5.74, 6) is 4.49. The Balaban J connectivity index is 1.13. The van der Waals surface area contributed by atoms with Crippen molar-refractivity contribution in [1.29, 1.82) is 0 Å². The first-order valence-corrected chi connectivity index (χ1v) is 59.9. The predicted octanol–water partition coefficient (Wildman–Crippen LogP) is 43.6. The second-order valence-electron chi connectivity index (χ2n) is 45.8. The summed E-state index contributed by atoms with van der Waals surface area (Å²) in [6.07, 6.45) is 0. The Bertz CT molecular complexity index is 5730.